The number of nitrogens with zero attached hydrogens (tertiary/aromatic N) is 1. The summed E-state index contributed by atoms with van der Waals surface area (Å²) in [5.74, 6) is -2.12. The molecule has 2 aromatic rings. The maximum atomic E-state index is 12.7. The van der Waals surface area contributed by atoms with Gasteiger partial charge in [-0.25, -0.2) is 4.79 Å². The Hall–Kier alpha value is -3.48. The number of fused-ring (bicyclic) bond motifs is 1. The zero-order valence-corrected chi connectivity index (χ0v) is 15.6. The van der Waals surface area contributed by atoms with E-state index in [0.29, 0.717) is 16.9 Å². The fourth-order valence-electron chi connectivity index (χ4n) is 4.08. The molecule has 1 heterocycles. The summed E-state index contributed by atoms with van der Waals surface area (Å²) in [5, 5.41) is 11.6. The van der Waals surface area contributed by atoms with Crippen LogP contribution in [0.4, 0.5) is 11.4 Å². The SMILES string of the molecule is O=C(O)c1ccc(NC(=O)c2ccc(N3C(=O)[C@@H]4CCCC[C@H]4C3=O)cc2)cc1. The highest BCUT2D eigenvalue weighted by Gasteiger charge is 2.48. The van der Waals surface area contributed by atoms with E-state index in [1.165, 1.54) is 29.2 Å². The van der Waals surface area contributed by atoms with Crippen molar-refractivity contribution in [3.63, 3.8) is 0 Å². The van der Waals surface area contributed by atoms with Gasteiger partial charge < -0.3 is 10.4 Å². The van der Waals surface area contributed by atoms with Gasteiger partial charge in [0.2, 0.25) is 11.8 Å². The lowest BCUT2D eigenvalue weighted by Gasteiger charge is -2.19. The monoisotopic (exact) mass is 392 g/mol. The molecular formula is C22H20N2O5. The third-order valence-electron chi connectivity index (χ3n) is 5.62. The Morgan fingerprint density at radius 2 is 1.34 bits per heavy atom. The highest BCUT2D eigenvalue weighted by molar-refractivity contribution is 6.22. The van der Waals surface area contributed by atoms with Crippen LogP contribution in [0.3, 0.4) is 0 Å². The van der Waals surface area contributed by atoms with Gasteiger partial charge in [-0.05, 0) is 61.4 Å². The molecule has 29 heavy (non-hydrogen) atoms. The zero-order chi connectivity index (χ0) is 20.5. The lowest BCUT2D eigenvalue weighted by atomic mass is 9.81. The van der Waals surface area contributed by atoms with Gasteiger partial charge in [-0.15, -0.1) is 0 Å². The summed E-state index contributed by atoms with van der Waals surface area (Å²) in [7, 11) is 0. The van der Waals surface area contributed by atoms with E-state index in [0.717, 1.165) is 25.7 Å². The first-order valence-electron chi connectivity index (χ1n) is 9.58. The summed E-state index contributed by atoms with van der Waals surface area (Å²) >= 11 is 0. The summed E-state index contributed by atoms with van der Waals surface area (Å²) < 4.78 is 0. The molecule has 2 aliphatic rings. The smallest absolute Gasteiger partial charge is 0.335 e. The number of anilines is 2. The van der Waals surface area contributed by atoms with Crippen LogP contribution in [0.5, 0.6) is 0 Å². The van der Waals surface area contributed by atoms with E-state index in [4.69, 9.17) is 5.11 Å². The second-order valence-corrected chi connectivity index (χ2v) is 7.39. The molecule has 148 valence electrons. The molecule has 0 aromatic heterocycles. The van der Waals surface area contributed by atoms with Crippen molar-refractivity contribution in [2.45, 2.75) is 25.7 Å². The van der Waals surface area contributed by atoms with E-state index >= 15 is 0 Å². The Morgan fingerprint density at radius 3 is 1.86 bits per heavy atom. The van der Waals surface area contributed by atoms with Crippen LogP contribution in [0.1, 0.15) is 46.4 Å². The Balaban J connectivity index is 1.47. The van der Waals surface area contributed by atoms with Gasteiger partial charge in [0.05, 0.1) is 23.1 Å². The second-order valence-electron chi connectivity index (χ2n) is 7.39. The third-order valence-corrected chi connectivity index (χ3v) is 5.62. The van der Waals surface area contributed by atoms with Crippen molar-refractivity contribution in [1.29, 1.82) is 0 Å². The molecule has 2 aromatic carbocycles. The van der Waals surface area contributed by atoms with Gasteiger partial charge in [-0.3, -0.25) is 19.3 Å². The fourth-order valence-corrected chi connectivity index (χ4v) is 4.08. The molecular weight excluding hydrogens is 372 g/mol. The van der Waals surface area contributed by atoms with Gasteiger partial charge in [0.25, 0.3) is 5.91 Å². The predicted molar refractivity (Wildman–Crippen MR) is 106 cm³/mol. The summed E-state index contributed by atoms with van der Waals surface area (Å²) in [6.45, 7) is 0. The van der Waals surface area contributed by atoms with Crippen LogP contribution in [0.15, 0.2) is 48.5 Å². The van der Waals surface area contributed by atoms with E-state index in [1.54, 1.807) is 24.3 Å². The van der Waals surface area contributed by atoms with Crippen molar-refractivity contribution in [2.24, 2.45) is 11.8 Å². The van der Waals surface area contributed by atoms with Crippen LogP contribution >= 0.6 is 0 Å². The number of hydrogen-bond donors (Lipinski definition) is 2. The molecule has 3 amide bonds. The van der Waals surface area contributed by atoms with Crippen LogP contribution in [0, 0.1) is 11.8 Å². The van der Waals surface area contributed by atoms with E-state index < -0.39 is 5.97 Å². The predicted octanol–water partition coefficient (Wildman–Crippen LogP) is 3.32. The highest BCUT2D eigenvalue weighted by atomic mass is 16.4. The molecule has 7 nitrogen and oxygen atoms in total. The highest BCUT2D eigenvalue weighted by Crippen LogP contribution is 2.40. The first-order chi connectivity index (χ1) is 14.0. The molecule has 7 heteroatoms. The van der Waals surface area contributed by atoms with Crippen molar-refractivity contribution < 1.29 is 24.3 Å². The number of nitrogens with one attached hydrogen (secondary N) is 1. The van der Waals surface area contributed by atoms with Gasteiger partial charge in [0, 0.05) is 11.3 Å². The molecule has 0 unspecified atom stereocenters. The fraction of sp³-hybridized carbons (Fsp3) is 0.273. The summed E-state index contributed by atoms with van der Waals surface area (Å²) in [4.78, 5) is 49.9. The number of rotatable bonds is 4. The normalized spacial score (nSPS) is 21.0. The zero-order valence-electron chi connectivity index (χ0n) is 15.6. The van der Waals surface area contributed by atoms with Gasteiger partial charge in [0.15, 0.2) is 0 Å². The number of amides is 3. The van der Waals surface area contributed by atoms with Gasteiger partial charge >= 0.3 is 5.97 Å². The first-order valence-corrected chi connectivity index (χ1v) is 9.58. The number of aromatic carboxylic acids is 1. The Labute approximate surface area is 167 Å². The van der Waals surface area contributed by atoms with Crippen molar-refractivity contribution in [3.05, 3.63) is 59.7 Å². The molecule has 1 aliphatic carbocycles. The van der Waals surface area contributed by atoms with Gasteiger partial charge in [-0.2, -0.15) is 0 Å². The number of hydrogen-bond acceptors (Lipinski definition) is 4. The minimum atomic E-state index is -1.04. The summed E-state index contributed by atoms with van der Waals surface area (Å²) in [5.41, 5.74) is 1.45. The topological polar surface area (TPSA) is 104 Å². The molecule has 2 atom stereocenters. The molecule has 1 saturated heterocycles. The van der Waals surface area contributed by atoms with Crippen molar-refractivity contribution >= 4 is 35.1 Å². The van der Waals surface area contributed by atoms with Crippen molar-refractivity contribution in [2.75, 3.05) is 10.2 Å². The molecule has 0 spiro atoms. The second kappa shape index (κ2) is 7.50. The molecule has 2 N–H and O–H groups in total. The van der Waals surface area contributed by atoms with Crippen LogP contribution < -0.4 is 10.2 Å². The lowest BCUT2D eigenvalue weighted by Crippen LogP contribution is -2.30. The standard InChI is InChI=1S/C22H20N2O5/c25-19(23-15-9-5-14(6-10-15)22(28)29)13-7-11-16(12-8-13)24-20(26)17-3-1-2-4-18(17)21(24)27/h5-12,17-18H,1-4H2,(H,23,25)(H,28,29)/t17-,18-/m1/s1. The molecule has 2 fully saturated rings. The molecule has 4 rings (SSSR count). The number of carboxylic acid groups (broad SMARTS) is 1. The first kappa shape index (κ1) is 18.9. The molecule has 1 aliphatic heterocycles. The average Bonchev–Trinajstić information content (AvgIpc) is 2.99. The lowest BCUT2D eigenvalue weighted by molar-refractivity contribution is -0.122. The Bertz CT molecular complexity index is 957. The summed E-state index contributed by atoms with van der Waals surface area (Å²) in [6.07, 6.45) is 3.46. The Morgan fingerprint density at radius 1 is 0.828 bits per heavy atom. The van der Waals surface area contributed by atoms with Crippen LogP contribution in [-0.4, -0.2) is 28.8 Å². The van der Waals surface area contributed by atoms with Gasteiger partial charge in [0.1, 0.15) is 0 Å². The maximum Gasteiger partial charge on any atom is 0.335 e. The minimum Gasteiger partial charge on any atom is -0.478 e. The van der Waals surface area contributed by atoms with Crippen LogP contribution in [0.2, 0.25) is 0 Å². The number of benzene rings is 2. The number of carboxylic acids is 1. The molecule has 1 saturated carbocycles. The Kier molecular flexibility index (Phi) is 4.88. The number of carbonyl (C=O) groups is 4. The minimum absolute atomic E-state index is 0.132. The summed E-state index contributed by atoms with van der Waals surface area (Å²) in [6, 6.07) is 12.2. The third kappa shape index (κ3) is 3.51. The van der Waals surface area contributed by atoms with E-state index in [1.807, 2.05) is 0 Å². The average molecular weight is 392 g/mol. The van der Waals surface area contributed by atoms with E-state index in [9.17, 15) is 19.2 Å². The van der Waals surface area contributed by atoms with E-state index in [-0.39, 0.29) is 35.1 Å². The van der Waals surface area contributed by atoms with Crippen molar-refractivity contribution in [1.82, 2.24) is 0 Å². The van der Waals surface area contributed by atoms with E-state index in [2.05, 4.69) is 5.32 Å². The quantitative estimate of drug-likeness (QED) is 0.777. The van der Waals surface area contributed by atoms with Crippen LogP contribution in [-0.2, 0) is 9.59 Å². The van der Waals surface area contributed by atoms with Crippen LogP contribution in [0.25, 0.3) is 0 Å². The number of carbonyl (C=O) groups excluding carboxylic acids is 3. The largest absolute Gasteiger partial charge is 0.478 e. The van der Waals surface area contributed by atoms with Crippen molar-refractivity contribution in [3.8, 4) is 0 Å². The number of imide groups is 1. The maximum absolute atomic E-state index is 12.7. The molecule has 0 bridgehead atoms. The van der Waals surface area contributed by atoms with Gasteiger partial charge in [-0.1, -0.05) is 12.8 Å². The molecule has 0 radical (unpaired) electrons.